The average molecular weight is 838 g/mol. The topological polar surface area (TPSA) is 395 Å². The van der Waals surface area contributed by atoms with Crippen LogP contribution >= 0.6 is 0 Å². The third-order valence-corrected chi connectivity index (χ3v) is 10.6. The molecule has 332 valence electrons. The van der Waals surface area contributed by atoms with Crippen molar-refractivity contribution in [3.63, 3.8) is 0 Å². The minimum atomic E-state index is -2.05. The van der Waals surface area contributed by atoms with Gasteiger partial charge in [0.05, 0.1) is 32.0 Å². The predicted molar refractivity (Wildman–Crippen MR) is 175 cm³/mol. The monoisotopic (exact) mass is 837 g/mol. The summed E-state index contributed by atoms with van der Waals surface area (Å²) in [5.41, 5.74) is 0. The highest BCUT2D eigenvalue weighted by atomic mass is 16.8. The van der Waals surface area contributed by atoms with Crippen LogP contribution in [0, 0.1) is 0 Å². The van der Waals surface area contributed by atoms with Crippen molar-refractivity contribution in [2.45, 2.75) is 174 Å². The Bertz CT molecular complexity index is 1290. The van der Waals surface area contributed by atoms with Crippen molar-refractivity contribution in [2.75, 3.05) is 19.8 Å². The van der Waals surface area contributed by atoms with Gasteiger partial charge < -0.3 is 119 Å². The number of ether oxygens (including phenoxy) is 9. The number of hydrogen-bond donors (Lipinski definition) is 15. The minimum Gasteiger partial charge on any atom is -0.394 e. The van der Waals surface area contributed by atoms with Gasteiger partial charge in [0, 0.05) is 6.92 Å². The summed E-state index contributed by atoms with van der Waals surface area (Å²) >= 11 is 0. The van der Waals surface area contributed by atoms with E-state index in [0.29, 0.717) is 0 Å². The fourth-order valence-corrected chi connectivity index (χ4v) is 7.28. The van der Waals surface area contributed by atoms with Crippen molar-refractivity contribution >= 4 is 5.91 Å². The van der Waals surface area contributed by atoms with Gasteiger partial charge in [-0.2, -0.15) is 0 Å². The predicted octanol–water partition coefficient (Wildman–Crippen LogP) is -9.73. The first kappa shape index (κ1) is 46.6. The van der Waals surface area contributed by atoms with Crippen molar-refractivity contribution in [1.82, 2.24) is 5.32 Å². The lowest BCUT2D eigenvalue weighted by Gasteiger charge is -2.50. The van der Waals surface area contributed by atoms with Crippen molar-refractivity contribution in [1.29, 1.82) is 0 Å². The summed E-state index contributed by atoms with van der Waals surface area (Å²) in [6.45, 7) is 1.22. The Labute approximate surface area is 324 Å². The van der Waals surface area contributed by atoms with Gasteiger partial charge in [-0.05, 0) is 13.8 Å². The van der Waals surface area contributed by atoms with Crippen LogP contribution in [-0.4, -0.2) is 251 Å². The zero-order valence-corrected chi connectivity index (χ0v) is 30.9. The largest absolute Gasteiger partial charge is 0.394 e. The molecule has 0 aromatic rings. The van der Waals surface area contributed by atoms with E-state index < -0.39 is 179 Å². The molecule has 57 heavy (non-hydrogen) atoms. The van der Waals surface area contributed by atoms with Crippen LogP contribution in [0.2, 0.25) is 0 Å². The molecule has 0 radical (unpaired) electrons. The second-order valence-electron chi connectivity index (χ2n) is 14.7. The fraction of sp³-hybridized carbons (Fsp3) is 0.969. The van der Waals surface area contributed by atoms with E-state index in [4.69, 9.17) is 42.6 Å². The summed E-state index contributed by atoms with van der Waals surface area (Å²) < 4.78 is 51.5. The van der Waals surface area contributed by atoms with Crippen LogP contribution in [-0.2, 0) is 47.4 Å². The van der Waals surface area contributed by atoms with E-state index in [0.717, 1.165) is 6.92 Å². The summed E-state index contributed by atoms with van der Waals surface area (Å²) in [5, 5.41) is 150. The molecule has 5 rings (SSSR count). The van der Waals surface area contributed by atoms with E-state index in [1.54, 1.807) is 0 Å². The van der Waals surface area contributed by atoms with Gasteiger partial charge in [-0.3, -0.25) is 4.79 Å². The first-order chi connectivity index (χ1) is 26.8. The molecule has 0 bridgehead atoms. The van der Waals surface area contributed by atoms with Crippen LogP contribution in [0.1, 0.15) is 20.8 Å². The Morgan fingerprint density at radius 3 is 1.35 bits per heavy atom. The molecule has 0 aliphatic carbocycles. The summed E-state index contributed by atoms with van der Waals surface area (Å²) in [7, 11) is 0. The van der Waals surface area contributed by atoms with E-state index >= 15 is 0 Å². The molecule has 15 N–H and O–H groups in total. The van der Waals surface area contributed by atoms with Crippen LogP contribution in [0.25, 0.3) is 0 Å². The van der Waals surface area contributed by atoms with Gasteiger partial charge in [-0.15, -0.1) is 0 Å². The molecular formula is C32H55NO24. The van der Waals surface area contributed by atoms with Gasteiger partial charge in [0.1, 0.15) is 110 Å². The summed E-state index contributed by atoms with van der Waals surface area (Å²) in [6, 6.07) is -1.47. The second kappa shape index (κ2) is 19.5. The van der Waals surface area contributed by atoms with Crippen LogP contribution in [0.5, 0.6) is 0 Å². The molecule has 0 saturated carbocycles. The number of carbonyl (C=O) groups excluding carboxylic acids is 1. The first-order valence-corrected chi connectivity index (χ1v) is 18.3. The van der Waals surface area contributed by atoms with Crippen molar-refractivity contribution in [2.24, 2.45) is 0 Å². The summed E-state index contributed by atoms with van der Waals surface area (Å²) in [5.74, 6) is -0.683. The zero-order valence-electron chi connectivity index (χ0n) is 30.9. The molecule has 25 atom stereocenters. The molecular weight excluding hydrogens is 782 g/mol. The smallest absolute Gasteiger partial charge is 0.217 e. The Balaban J connectivity index is 1.46. The standard InChI is InChI=1S/C32H55NO24/c1-7-14(38)25(23(47)31(49-7)54-24-13(33-9(3)37)28(48)51-12(6-36)18(24)42)55-32-27(57-30-22(46)20(44)17(41)11(5-35)53-30)26(15(39)8(2)50-32)56-29-21(45)19(43)16(40)10(4-34)52-29/h7-8,10-32,34-36,38-48H,4-6H2,1-3H3,(H,33,37). The molecule has 25 unspecified atom stereocenters. The maximum Gasteiger partial charge on any atom is 0.217 e. The number of nitrogens with one attached hydrogen (secondary N) is 1. The lowest BCUT2D eigenvalue weighted by molar-refractivity contribution is -0.405. The number of hydrogen-bond acceptors (Lipinski definition) is 24. The van der Waals surface area contributed by atoms with Crippen LogP contribution < -0.4 is 5.32 Å². The average Bonchev–Trinajstić information content (AvgIpc) is 3.17. The van der Waals surface area contributed by atoms with Gasteiger partial charge in [0.25, 0.3) is 0 Å². The fourth-order valence-electron chi connectivity index (χ4n) is 7.28. The van der Waals surface area contributed by atoms with Gasteiger partial charge in [-0.1, -0.05) is 0 Å². The molecule has 5 aliphatic rings. The molecule has 0 aromatic heterocycles. The minimum absolute atomic E-state index is 0.683. The van der Waals surface area contributed by atoms with Gasteiger partial charge >= 0.3 is 0 Å². The van der Waals surface area contributed by atoms with Gasteiger partial charge in [0.2, 0.25) is 5.91 Å². The van der Waals surface area contributed by atoms with Crippen LogP contribution in [0.3, 0.4) is 0 Å². The quantitative estimate of drug-likeness (QED) is 0.0867. The third kappa shape index (κ3) is 9.71. The molecule has 5 heterocycles. The third-order valence-electron chi connectivity index (χ3n) is 10.6. The number of amides is 1. The number of carbonyl (C=O) groups is 1. The maximum absolute atomic E-state index is 12.0. The van der Waals surface area contributed by atoms with Crippen molar-refractivity contribution < 1.29 is 119 Å². The summed E-state index contributed by atoms with van der Waals surface area (Å²) in [6.07, 6.45) is -42.4. The molecule has 5 aliphatic heterocycles. The lowest BCUT2D eigenvalue weighted by atomic mass is 9.95. The molecule has 25 heteroatoms. The molecule has 25 nitrogen and oxygen atoms in total. The van der Waals surface area contributed by atoms with E-state index in [2.05, 4.69) is 5.32 Å². The molecule has 5 fully saturated rings. The number of rotatable bonds is 12. The van der Waals surface area contributed by atoms with Crippen LogP contribution in [0.15, 0.2) is 0 Å². The Morgan fingerprint density at radius 2 is 0.860 bits per heavy atom. The van der Waals surface area contributed by atoms with E-state index in [-0.39, 0.29) is 0 Å². The van der Waals surface area contributed by atoms with Gasteiger partial charge in [-0.25, -0.2) is 0 Å². The Kier molecular flexibility index (Phi) is 16.0. The highest BCUT2D eigenvalue weighted by Gasteiger charge is 2.57. The Morgan fingerprint density at radius 1 is 0.456 bits per heavy atom. The molecule has 0 aromatic carbocycles. The second-order valence-corrected chi connectivity index (χ2v) is 14.7. The van der Waals surface area contributed by atoms with Crippen molar-refractivity contribution in [3.8, 4) is 0 Å². The lowest BCUT2D eigenvalue weighted by Crippen LogP contribution is -2.69. The highest BCUT2D eigenvalue weighted by molar-refractivity contribution is 5.73. The van der Waals surface area contributed by atoms with E-state index in [1.165, 1.54) is 13.8 Å². The normalized spacial score (nSPS) is 52.3. The molecule has 1 amide bonds. The van der Waals surface area contributed by atoms with E-state index in [9.17, 15) is 76.3 Å². The SMILES string of the molecule is CC(=O)NC1C(O)OC(CO)C(O)C1OC1OC(C)C(O)C(OC2OC(C)C(O)C(OC3OC(CO)C(O)C(O)C3O)C2OC2OC(CO)C(O)C(O)C2O)C1O. The summed E-state index contributed by atoms with van der Waals surface area (Å²) in [4.78, 5) is 12.0. The number of aliphatic hydroxyl groups is 14. The first-order valence-electron chi connectivity index (χ1n) is 18.3. The zero-order chi connectivity index (χ0) is 42.2. The van der Waals surface area contributed by atoms with E-state index in [1.807, 2.05) is 0 Å². The number of aliphatic hydroxyl groups excluding tert-OH is 14. The molecule has 0 spiro atoms. The van der Waals surface area contributed by atoms with Gasteiger partial charge in [0.15, 0.2) is 31.5 Å². The highest BCUT2D eigenvalue weighted by Crippen LogP contribution is 2.37. The van der Waals surface area contributed by atoms with Crippen molar-refractivity contribution in [3.05, 3.63) is 0 Å². The maximum atomic E-state index is 12.0. The van der Waals surface area contributed by atoms with Crippen LogP contribution in [0.4, 0.5) is 0 Å². The molecule has 5 saturated heterocycles. The Hall–Kier alpha value is -1.45.